The lowest BCUT2D eigenvalue weighted by Crippen LogP contribution is -2.43. The van der Waals surface area contributed by atoms with Crippen LogP contribution < -0.4 is 5.32 Å². The van der Waals surface area contributed by atoms with Gasteiger partial charge in [0.15, 0.2) is 0 Å². The second kappa shape index (κ2) is 3.76. The van der Waals surface area contributed by atoms with E-state index in [0.717, 1.165) is 35.8 Å². The van der Waals surface area contributed by atoms with Crippen LogP contribution in [0, 0.1) is 23.7 Å². The normalized spacial score (nSPS) is 49.6. The highest BCUT2D eigenvalue weighted by Gasteiger charge is 2.53. The van der Waals surface area contributed by atoms with Crippen molar-refractivity contribution in [2.24, 2.45) is 23.7 Å². The fraction of sp³-hybridized carbons (Fsp3) is 1.00. The Bertz CT molecular complexity index is 237. The molecule has 0 spiro atoms. The highest BCUT2D eigenvalue weighted by atomic mass is 15.0. The molecule has 3 aliphatic rings. The van der Waals surface area contributed by atoms with Gasteiger partial charge >= 0.3 is 0 Å². The van der Waals surface area contributed by atoms with Gasteiger partial charge in [-0.25, -0.2) is 0 Å². The molecule has 6 atom stereocenters. The summed E-state index contributed by atoms with van der Waals surface area (Å²) in [5.74, 6) is 4.41. The maximum absolute atomic E-state index is 3.87. The molecule has 0 aromatic heterocycles. The predicted octanol–water partition coefficient (Wildman–Crippen LogP) is 3.20. The quantitative estimate of drug-likeness (QED) is 0.749. The largest absolute Gasteiger partial charge is 0.311 e. The van der Waals surface area contributed by atoms with Crippen molar-refractivity contribution in [1.29, 1.82) is 0 Å². The smallest absolute Gasteiger partial charge is 0.0103 e. The molecular weight excluding hydrogens is 182 g/mol. The fourth-order valence-corrected chi connectivity index (χ4v) is 4.74. The van der Waals surface area contributed by atoms with Gasteiger partial charge in [0, 0.05) is 12.1 Å². The molecule has 1 N–H and O–H groups in total. The van der Waals surface area contributed by atoms with Gasteiger partial charge in [-0.2, -0.15) is 0 Å². The lowest BCUT2D eigenvalue weighted by Gasteiger charge is -2.33. The van der Waals surface area contributed by atoms with Gasteiger partial charge in [0.05, 0.1) is 0 Å². The summed E-state index contributed by atoms with van der Waals surface area (Å²) in [5.41, 5.74) is 0. The highest BCUT2D eigenvalue weighted by molar-refractivity contribution is 5.05. The van der Waals surface area contributed by atoms with E-state index in [1.54, 1.807) is 19.3 Å². The Morgan fingerprint density at radius 1 is 1.13 bits per heavy atom. The molecule has 0 aromatic carbocycles. The van der Waals surface area contributed by atoms with E-state index in [-0.39, 0.29) is 0 Å². The molecule has 3 fully saturated rings. The minimum Gasteiger partial charge on any atom is -0.311 e. The van der Waals surface area contributed by atoms with Crippen molar-refractivity contribution in [2.45, 2.75) is 64.5 Å². The van der Waals surface area contributed by atoms with Gasteiger partial charge < -0.3 is 5.32 Å². The minimum atomic E-state index is 0.731. The molecule has 0 aromatic rings. The van der Waals surface area contributed by atoms with Crippen LogP contribution in [-0.4, -0.2) is 12.1 Å². The van der Waals surface area contributed by atoms with Crippen molar-refractivity contribution in [3.05, 3.63) is 0 Å². The van der Waals surface area contributed by atoms with E-state index in [1.807, 2.05) is 0 Å². The molecule has 0 saturated heterocycles. The van der Waals surface area contributed by atoms with Crippen LogP contribution in [0.5, 0.6) is 0 Å². The summed E-state index contributed by atoms with van der Waals surface area (Å²) in [6, 6.07) is 1.61. The molecule has 3 aliphatic carbocycles. The monoisotopic (exact) mass is 207 g/mol. The lowest BCUT2D eigenvalue weighted by atomic mass is 9.79. The summed E-state index contributed by atoms with van der Waals surface area (Å²) in [7, 11) is 0. The van der Waals surface area contributed by atoms with Crippen LogP contribution in [0.1, 0.15) is 52.4 Å². The van der Waals surface area contributed by atoms with Crippen LogP contribution >= 0.6 is 0 Å². The zero-order chi connectivity index (χ0) is 10.4. The summed E-state index contributed by atoms with van der Waals surface area (Å²) in [6.07, 6.45) is 8.96. The van der Waals surface area contributed by atoms with E-state index in [4.69, 9.17) is 0 Å². The highest BCUT2D eigenvalue weighted by Crippen LogP contribution is 2.58. The average molecular weight is 207 g/mol. The van der Waals surface area contributed by atoms with Gasteiger partial charge in [0.25, 0.3) is 0 Å². The molecule has 3 saturated carbocycles. The maximum atomic E-state index is 3.87. The van der Waals surface area contributed by atoms with E-state index >= 15 is 0 Å². The fourth-order valence-electron chi connectivity index (χ4n) is 4.74. The third kappa shape index (κ3) is 1.54. The van der Waals surface area contributed by atoms with E-state index < -0.39 is 0 Å². The van der Waals surface area contributed by atoms with Crippen molar-refractivity contribution in [2.75, 3.05) is 0 Å². The van der Waals surface area contributed by atoms with Crippen LogP contribution in [0.15, 0.2) is 0 Å². The molecule has 86 valence electrons. The first kappa shape index (κ1) is 10.1. The Labute approximate surface area is 94.0 Å². The summed E-state index contributed by atoms with van der Waals surface area (Å²) < 4.78 is 0. The van der Waals surface area contributed by atoms with Crippen molar-refractivity contribution in [3.63, 3.8) is 0 Å². The van der Waals surface area contributed by atoms with E-state index in [2.05, 4.69) is 19.2 Å². The summed E-state index contributed by atoms with van der Waals surface area (Å²) >= 11 is 0. The van der Waals surface area contributed by atoms with Gasteiger partial charge in [0.1, 0.15) is 0 Å². The molecule has 0 amide bonds. The SMILES string of the molecule is CCC(C)NC1CC2CC1C1CCCC21. The number of nitrogens with one attached hydrogen (secondary N) is 1. The van der Waals surface area contributed by atoms with Crippen LogP contribution in [0.25, 0.3) is 0 Å². The first-order valence-corrected chi connectivity index (χ1v) is 7.05. The van der Waals surface area contributed by atoms with Crippen LogP contribution in [0.3, 0.4) is 0 Å². The van der Waals surface area contributed by atoms with Gasteiger partial charge in [-0.05, 0) is 62.7 Å². The molecule has 0 heterocycles. The van der Waals surface area contributed by atoms with Gasteiger partial charge in [-0.15, -0.1) is 0 Å². The van der Waals surface area contributed by atoms with Crippen LogP contribution in [0.2, 0.25) is 0 Å². The Kier molecular flexibility index (Phi) is 2.54. The van der Waals surface area contributed by atoms with Crippen molar-refractivity contribution in [1.82, 2.24) is 5.32 Å². The Balaban J connectivity index is 1.65. The van der Waals surface area contributed by atoms with Gasteiger partial charge in [-0.3, -0.25) is 0 Å². The molecule has 0 aliphatic heterocycles. The molecular formula is C14H25N. The number of rotatable bonds is 3. The van der Waals surface area contributed by atoms with Crippen LogP contribution in [0.4, 0.5) is 0 Å². The number of fused-ring (bicyclic) bond motifs is 5. The van der Waals surface area contributed by atoms with E-state index in [1.165, 1.54) is 19.3 Å². The zero-order valence-corrected chi connectivity index (χ0v) is 10.2. The van der Waals surface area contributed by atoms with Crippen molar-refractivity contribution in [3.8, 4) is 0 Å². The molecule has 1 heteroatoms. The Morgan fingerprint density at radius 3 is 2.73 bits per heavy atom. The first-order valence-electron chi connectivity index (χ1n) is 7.05. The second-order valence-corrected chi connectivity index (χ2v) is 6.24. The lowest BCUT2D eigenvalue weighted by molar-refractivity contribution is 0.199. The van der Waals surface area contributed by atoms with Crippen molar-refractivity contribution < 1.29 is 0 Å². The molecule has 3 rings (SSSR count). The average Bonchev–Trinajstić information content (AvgIpc) is 2.87. The first-order chi connectivity index (χ1) is 7.29. The predicted molar refractivity (Wildman–Crippen MR) is 63.7 cm³/mol. The third-order valence-electron chi connectivity index (χ3n) is 5.54. The summed E-state index contributed by atoms with van der Waals surface area (Å²) in [5, 5.41) is 3.87. The van der Waals surface area contributed by atoms with E-state index in [9.17, 15) is 0 Å². The molecule has 6 unspecified atom stereocenters. The van der Waals surface area contributed by atoms with Crippen LogP contribution in [-0.2, 0) is 0 Å². The van der Waals surface area contributed by atoms with Gasteiger partial charge in [0.2, 0.25) is 0 Å². The standard InChI is InChI=1S/C14H25N/c1-3-9(2)15-14-8-10-7-13(14)12-6-4-5-11(10)12/h9-15H,3-8H2,1-2H3. The summed E-state index contributed by atoms with van der Waals surface area (Å²) in [6.45, 7) is 4.64. The molecule has 1 nitrogen and oxygen atoms in total. The minimum absolute atomic E-state index is 0.731. The van der Waals surface area contributed by atoms with Gasteiger partial charge in [-0.1, -0.05) is 13.3 Å². The summed E-state index contributed by atoms with van der Waals surface area (Å²) in [4.78, 5) is 0. The second-order valence-electron chi connectivity index (χ2n) is 6.24. The molecule has 2 bridgehead atoms. The third-order valence-corrected chi connectivity index (χ3v) is 5.54. The maximum Gasteiger partial charge on any atom is 0.0103 e. The molecule has 15 heavy (non-hydrogen) atoms. The van der Waals surface area contributed by atoms with E-state index in [0.29, 0.717) is 0 Å². The number of hydrogen-bond acceptors (Lipinski definition) is 1. The molecule has 0 radical (unpaired) electrons. The Morgan fingerprint density at radius 2 is 1.93 bits per heavy atom. The Hall–Kier alpha value is -0.0400. The topological polar surface area (TPSA) is 12.0 Å². The number of hydrogen-bond donors (Lipinski definition) is 1. The van der Waals surface area contributed by atoms with Crippen molar-refractivity contribution >= 4 is 0 Å². The zero-order valence-electron chi connectivity index (χ0n) is 10.2.